The smallest absolute Gasteiger partial charge is 0.287 e. The molecule has 48 heavy (non-hydrogen) atoms. The highest BCUT2D eigenvalue weighted by atomic mass is 35.5. The van der Waals surface area contributed by atoms with Gasteiger partial charge in [-0.25, -0.2) is 8.42 Å². The Morgan fingerprint density at radius 2 is 1.73 bits per heavy atom. The van der Waals surface area contributed by atoms with E-state index in [0.717, 1.165) is 68.0 Å². The minimum absolute atomic E-state index is 0.140. The highest BCUT2D eigenvalue weighted by Gasteiger charge is 2.24. The van der Waals surface area contributed by atoms with Crippen molar-refractivity contribution in [3.63, 3.8) is 0 Å². The van der Waals surface area contributed by atoms with Crippen molar-refractivity contribution in [1.82, 2.24) is 10.2 Å². The fourth-order valence-electron chi connectivity index (χ4n) is 6.33. The molecule has 2 fully saturated rings. The molecule has 3 heterocycles. The number of amides is 2. The second-order valence-electron chi connectivity index (χ2n) is 12.3. The Morgan fingerprint density at radius 1 is 0.979 bits per heavy atom. The molecule has 0 spiro atoms. The number of benzene rings is 3. The summed E-state index contributed by atoms with van der Waals surface area (Å²) in [5, 5.41) is 3.82. The minimum Gasteiger partial charge on any atom is -0.451 e. The monoisotopic (exact) mass is 688 g/mol. The third-order valence-corrected chi connectivity index (χ3v) is 9.51. The molecule has 12 heteroatoms. The Balaban J connectivity index is 1.19. The molecule has 3 aromatic carbocycles. The summed E-state index contributed by atoms with van der Waals surface area (Å²) in [7, 11) is -3.54. The maximum Gasteiger partial charge on any atom is 0.287 e. The van der Waals surface area contributed by atoms with Crippen LogP contribution in [0, 0.1) is 0 Å². The average Bonchev–Trinajstić information content (AvgIpc) is 3.46. The number of rotatable bonds is 10. The van der Waals surface area contributed by atoms with Gasteiger partial charge in [-0.3, -0.25) is 19.1 Å². The Morgan fingerprint density at radius 3 is 2.44 bits per heavy atom. The molecule has 2 amide bonds. The molecule has 0 radical (unpaired) electrons. The lowest BCUT2D eigenvalue weighted by molar-refractivity contribution is -0.128. The first kappa shape index (κ1) is 33.3. The van der Waals surface area contributed by atoms with E-state index in [1.807, 2.05) is 41.3 Å². The van der Waals surface area contributed by atoms with Gasteiger partial charge in [0.05, 0.1) is 17.7 Å². The first-order valence-electron chi connectivity index (χ1n) is 15.9. The number of halogens is 1. The van der Waals surface area contributed by atoms with Crippen molar-refractivity contribution in [3.8, 4) is 0 Å². The number of hydrogen-bond acceptors (Lipinski definition) is 7. The fourth-order valence-corrected chi connectivity index (χ4v) is 7.01. The molecule has 6 rings (SSSR count). The molecule has 2 aliphatic heterocycles. The maximum absolute atomic E-state index is 13.5. The lowest BCUT2D eigenvalue weighted by atomic mass is 9.97. The summed E-state index contributed by atoms with van der Waals surface area (Å²) in [6, 6.07) is 20.8. The zero-order chi connectivity index (χ0) is 33.8. The highest BCUT2D eigenvalue weighted by Crippen LogP contribution is 2.29. The van der Waals surface area contributed by atoms with E-state index >= 15 is 0 Å². The van der Waals surface area contributed by atoms with Gasteiger partial charge in [0, 0.05) is 55.1 Å². The van der Waals surface area contributed by atoms with Crippen LogP contribution < -0.4 is 20.4 Å². The number of fused-ring (bicyclic) bond motifs is 1. The summed E-state index contributed by atoms with van der Waals surface area (Å²) in [5.41, 5.74) is 4.41. The van der Waals surface area contributed by atoms with Gasteiger partial charge in [-0.2, -0.15) is 0 Å². The molecule has 2 aliphatic rings. The second-order valence-corrected chi connectivity index (χ2v) is 14.5. The van der Waals surface area contributed by atoms with Gasteiger partial charge in [0.15, 0.2) is 11.2 Å². The number of hydrogen-bond donors (Lipinski definition) is 2. The fraction of sp³-hybridized carbons (Fsp3) is 0.306. The van der Waals surface area contributed by atoms with Gasteiger partial charge in [0.2, 0.25) is 15.9 Å². The van der Waals surface area contributed by atoms with E-state index in [2.05, 4.69) is 33.1 Å². The number of piperidine rings is 1. The van der Waals surface area contributed by atoms with Crippen LogP contribution in [0.15, 0.2) is 93.7 Å². The summed E-state index contributed by atoms with van der Waals surface area (Å²) < 4.78 is 31.4. The van der Waals surface area contributed by atoms with E-state index in [0.29, 0.717) is 24.4 Å². The molecule has 1 aromatic heterocycles. The molecule has 0 unspecified atom stereocenters. The zero-order valence-electron chi connectivity index (χ0n) is 26.6. The van der Waals surface area contributed by atoms with Crippen molar-refractivity contribution in [3.05, 3.63) is 117 Å². The largest absolute Gasteiger partial charge is 0.451 e. The van der Waals surface area contributed by atoms with E-state index in [-0.39, 0.29) is 28.3 Å². The highest BCUT2D eigenvalue weighted by molar-refractivity contribution is 7.92. The summed E-state index contributed by atoms with van der Waals surface area (Å²) in [6.07, 6.45) is 6.75. The van der Waals surface area contributed by atoms with Crippen molar-refractivity contribution < 1.29 is 22.4 Å². The maximum atomic E-state index is 13.5. The SMILES string of the molecule is CS(=O)(=O)Nc1ccc2oc(C(=O)N[C@@H](C=C3CCN(c4ccccc4CN4CCCC4=O)CC3)Cc3ccc(Cl)cc3)cc(=O)c2c1. The predicted molar refractivity (Wildman–Crippen MR) is 188 cm³/mol. The first-order valence-corrected chi connectivity index (χ1v) is 18.2. The molecule has 250 valence electrons. The number of carbonyl (C=O) groups is 2. The molecule has 2 N–H and O–H groups in total. The van der Waals surface area contributed by atoms with Crippen molar-refractivity contribution in [2.24, 2.45) is 0 Å². The predicted octanol–water partition coefficient (Wildman–Crippen LogP) is 5.51. The van der Waals surface area contributed by atoms with Crippen molar-refractivity contribution in [1.29, 1.82) is 0 Å². The van der Waals surface area contributed by atoms with E-state index in [9.17, 15) is 22.8 Å². The van der Waals surface area contributed by atoms with Gasteiger partial charge in [-0.05, 0) is 73.2 Å². The summed E-state index contributed by atoms with van der Waals surface area (Å²) in [4.78, 5) is 43.1. The first-order chi connectivity index (χ1) is 23.0. The Kier molecular flexibility index (Phi) is 9.88. The van der Waals surface area contributed by atoms with E-state index in [1.54, 1.807) is 0 Å². The Bertz CT molecular complexity index is 2030. The molecule has 0 aliphatic carbocycles. The van der Waals surface area contributed by atoms with Gasteiger partial charge in [0.1, 0.15) is 5.58 Å². The topological polar surface area (TPSA) is 129 Å². The lowest BCUT2D eigenvalue weighted by Gasteiger charge is -2.33. The quantitative estimate of drug-likeness (QED) is 0.210. The van der Waals surface area contributed by atoms with Gasteiger partial charge < -0.3 is 19.5 Å². The van der Waals surface area contributed by atoms with Crippen LogP contribution in [0.25, 0.3) is 11.0 Å². The van der Waals surface area contributed by atoms with Crippen LogP contribution >= 0.6 is 11.6 Å². The van der Waals surface area contributed by atoms with Gasteiger partial charge in [-0.15, -0.1) is 0 Å². The van der Waals surface area contributed by atoms with Crippen LogP contribution in [0.2, 0.25) is 5.02 Å². The van der Waals surface area contributed by atoms with Crippen molar-refractivity contribution in [2.45, 2.75) is 44.7 Å². The van der Waals surface area contributed by atoms with Gasteiger partial charge >= 0.3 is 0 Å². The number of sulfonamides is 1. The molecule has 2 saturated heterocycles. The number of anilines is 2. The van der Waals surface area contributed by atoms with Crippen molar-refractivity contribution in [2.75, 3.05) is 35.5 Å². The normalized spacial score (nSPS) is 15.9. The third-order valence-electron chi connectivity index (χ3n) is 8.65. The molecule has 4 aromatic rings. The van der Waals surface area contributed by atoms with E-state index < -0.39 is 27.4 Å². The van der Waals surface area contributed by atoms with E-state index in [1.165, 1.54) is 23.8 Å². The van der Waals surface area contributed by atoms with Crippen LogP contribution in [0.1, 0.15) is 47.4 Å². The molecule has 10 nitrogen and oxygen atoms in total. The van der Waals surface area contributed by atoms with Crippen LogP contribution in [-0.2, 0) is 27.8 Å². The molecular formula is C36H37ClN4O6S. The standard InChI is InChI=1S/C36H37ClN4O6S/c1-48(45,46)39-28-12-13-33-30(21-28)32(42)22-34(47-33)36(44)38-29(19-24-8-10-27(37)11-9-24)20-25-14-17-40(18-15-25)31-6-3-2-5-26(31)23-41-16-4-7-35(41)43/h2-3,5-6,8-13,20-22,29,39H,4,7,14-19,23H2,1H3,(H,38,44)/t29-/m1/s1. The minimum atomic E-state index is -3.54. The van der Waals surface area contributed by atoms with Crippen LogP contribution in [-0.4, -0.2) is 57.1 Å². The molecule has 0 bridgehead atoms. The Labute approximate surface area is 284 Å². The molecule has 0 saturated carbocycles. The number of nitrogens with one attached hydrogen (secondary N) is 2. The van der Waals surface area contributed by atoms with Crippen molar-refractivity contribution >= 4 is 55.8 Å². The second kappa shape index (κ2) is 14.2. The van der Waals surface area contributed by atoms with Gasteiger partial charge in [-0.1, -0.05) is 53.6 Å². The average molecular weight is 689 g/mol. The number of carbonyl (C=O) groups excluding carboxylic acids is 2. The molecule has 1 atom stereocenters. The van der Waals surface area contributed by atoms with Crippen LogP contribution in [0.4, 0.5) is 11.4 Å². The summed E-state index contributed by atoms with van der Waals surface area (Å²) >= 11 is 6.12. The third kappa shape index (κ3) is 8.26. The lowest BCUT2D eigenvalue weighted by Crippen LogP contribution is -2.37. The van der Waals surface area contributed by atoms with Gasteiger partial charge in [0.25, 0.3) is 5.91 Å². The Hall–Kier alpha value is -4.61. The number of nitrogens with zero attached hydrogens (tertiary/aromatic N) is 2. The number of para-hydroxylation sites is 1. The summed E-state index contributed by atoms with van der Waals surface area (Å²) in [6.45, 7) is 3.02. The van der Waals surface area contributed by atoms with Crippen LogP contribution in [0.3, 0.4) is 0 Å². The molecular weight excluding hydrogens is 652 g/mol. The number of likely N-dealkylation sites (tertiary alicyclic amines) is 1. The summed E-state index contributed by atoms with van der Waals surface area (Å²) in [5.74, 6) is -0.467. The zero-order valence-corrected chi connectivity index (χ0v) is 28.1. The van der Waals surface area contributed by atoms with Crippen LogP contribution in [0.5, 0.6) is 0 Å². The van der Waals surface area contributed by atoms with E-state index in [4.69, 9.17) is 16.0 Å².